The van der Waals surface area contributed by atoms with Gasteiger partial charge in [0, 0.05) is 12.6 Å². The van der Waals surface area contributed by atoms with Crippen molar-refractivity contribution in [3.63, 3.8) is 0 Å². The summed E-state index contributed by atoms with van der Waals surface area (Å²) in [5, 5.41) is 3.13. The molecule has 0 saturated heterocycles. The monoisotopic (exact) mass is 266 g/mol. The van der Waals surface area contributed by atoms with E-state index in [1.54, 1.807) is 0 Å². The summed E-state index contributed by atoms with van der Waals surface area (Å²) in [7, 11) is 0. The fourth-order valence-electron chi connectivity index (χ4n) is 3.71. The lowest BCUT2D eigenvalue weighted by atomic mass is 9.78. The van der Waals surface area contributed by atoms with E-state index in [2.05, 4.69) is 12.2 Å². The van der Waals surface area contributed by atoms with Crippen LogP contribution in [0, 0.1) is 17.8 Å². The molecule has 1 amide bonds. The first-order valence-corrected chi connectivity index (χ1v) is 8.20. The number of hydrogen-bond acceptors (Lipinski definition) is 2. The molecule has 0 radical (unpaired) electrons. The molecule has 3 heteroatoms. The van der Waals surface area contributed by atoms with Crippen LogP contribution in [-0.4, -0.2) is 18.5 Å². The molecular formula is C16H30N2O. The summed E-state index contributed by atoms with van der Waals surface area (Å²) >= 11 is 0. The minimum absolute atomic E-state index is 0.0510. The lowest BCUT2D eigenvalue weighted by molar-refractivity contribution is -0.127. The van der Waals surface area contributed by atoms with Gasteiger partial charge in [0.05, 0.1) is 5.92 Å². The molecular weight excluding hydrogens is 236 g/mol. The highest BCUT2D eigenvalue weighted by Gasteiger charge is 2.31. The third-order valence-corrected chi connectivity index (χ3v) is 5.08. The van der Waals surface area contributed by atoms with E-state index in [4.69, 9.17) is 5.73 Å². The van der Waals surface area contributed by atoms with Gasteiger partial charge in [0.1, 0.15) is 0 Å². The van der Waals surface area contributed by atoms with E-state index in [9.17, 15) is 4.79 Å². The molecule has 0 aliphatic heterocycles. The van der Waals surface area contributed by atoms with E-state index < -0.39 is 0 Å². The number of amides is 1. The van der Waals surface area contributed by atoms with Gasteiger partial charge in [0.25, 0.3) is 0 Å². The van der Waals surface area contributed by atoms with E-state index in [0.29, 0.717) is 5.92 Å². The van der Waals surface area contributed by atoms with Crippen LogP contribution < -0.4 is 11.1 Å². The number of hydrogen-bond donors (Lipinski definition) is 2. The van der Waals surface area contributed by atoms with Crippen molar-refractivity contribution in [3.8, 4) is 0 Å². The Morgan fingerprint density at radius 3 is 2.63 bits per heavy atom. The van der Waals surface area contributed by atoms with Crippen molar-refractivity contribution in [3.05, 3.63) is 0 Å². The zero-order valence-corrected chi connectivity index (χ0v) is 12.4. The normalized spacial score (nSPS) is 33.1. The minimum Gasteiger partial charge on any atom is -0.356 e. The Morgan fingerprint density at radius 2 is 1.89 bits per heavy atom. The van der Waals surface area contributed by atoms with Crippen LogP contribution in [0.1, 0.15) is 64.7 Å². The SMILES string of the molecule is CC1CCC(N)C(C(=O)NCCC2CCCCC2)C1. The van der Waals surface area contributed by atoms with Gasteiger partial charge < -0.3 is 11.1 Å². The van der Waals surface area contributed by atoms with Crippen LogP contribution in [0.2, 0.25) is 0 Å². The molecule has 19 heavy (non-hydrogen) atoms. The molecule has 2 saturated carbocycles. The van der Waals surface area contributed by atoms with Gasteiger partial charge in [0.15, 0.2) is 0 Å². The molecule has 0 heterocycles. The molecule has 2 rings (SSSR count). The summed E-state index contributed by atoms with van der Waals surface area (Å²) in [4.78, 5) is 12.2. The second-order valence-electron chi connectivity index (χ2n) is 6.77. The fourth-order valence-corrected chi connectivity index (χ4v) is 3.71. The van der Waals surface area contributed by atoms with E-state index >= 15 is 0 Å². The molecule has 0 bridgehead atoms. The Morgan fingerprint density at radius 1 is 1.16 bits per heavy atom. The summed E-state index contributed by atoms with van der Waals surface area (Å²) in [5.41, 5.74) is 6.10. The fraction of sp³-hybridized carbons (Fsp3) is 0.938. The zero-order valence-electron chi connectivity index (χ0n) is 12.4. The van der Waals surface area contributed by atoms with Crippen molar-refractivity contribution in [1.82, 2.24) is 5.32 Å². The summed E-state index contributed by atoms with van der Waals surface area (Å²) in [5.74, 6) is 1.74. The highest BCUT2D eigenvalue weighted by atomic mass is 16.1. The molecule has 2 fully saturated rings. The standard InChI is InChI=1S/C16H30N2O/c1-12-7-8-15(17)14(11-12)16(19)18-10-9-13-5-3-2-4-6-13/h12-15H,2-11,17H2,1H3,(H,18,19). The van der Waals surface area contributed by atoms with Crippen LogP contribution in [0.25, 0.3) is 0 Å². The second-order valence-corrected chi connectivity index (χ2v) is 6.77. The molecule has 3 atom stereocenters. The van der Waals surface area contributed by atoms with Gasteiger partial charge in [-0.1, -0.05) is 39.0 Å². The average molecular weight is 266 g/mol. The Bertz CT molecular complexity index is 286. The Kier molecular flexibility index (Phi) is 5.68. The number of nitrogens with two attached hydrogens (primary N) is 1. The largest absolute Gasteiger partial charge is 0.356 e. The van der Waals surface area contributed by atoms with E-state index in [1.807, 2.05) is 0 Å². The van der Waals surface area contributed by atoms with Crippen molar-refractivity contribution in [2.75, 3.05) is 6.54 Å². The first kappa shape index (κ1) is 14.8. The lowest BCUT2D eigenvalue weighted by Crippen LogP contribution is -2.45. The van der Waals surface area contributed by atoms with Crippen molar-refractivity contribution in [1.29, 1.82) is 0 Å². The Labute approximate surface area is 117 Å². The van der Waals surface area contributed by atoms with Crippen molar-refractivity contribution in [2.45, 2.75) is 70.8 Å². The van der Waals surface area contributed by atoms with E-state index in [0.717, 1.165) is 31.7 Å². The first-order chi connectivity index (χ1) is 9.16. The van der Waals surface area contributed by atoms with Gasteiger partial charge in [-0.2, -0.15) is 0 Å². The van der Waals surface area contributed by atoms with Gasteiger partial charge >= 0.3 is 0 Å². The van der Waals surface area contributed by atoms with E-state index in [-0.39, 0.29) is 17.9 Å². The van der Waals surface area contributed by atoms with Gasteiger partial charge in [-0.15, -0.1) is 0 Å². The summed E-state index contributed by atoms with van der Waals surface area (Å²) in [6.45, 7) is 3.08. The van der Waals surface area contributed by atoms with Crippen molar-refractivity contribution in [2.24, 2.45) is 23.5 Å². The third-order valence-electron chi connectivity index (χ3n) is 5.08. The molecule has 2 aliphatic carbocycles. The van der Waals surface area contributed by atoms with Crippen LogP contribution in [-0.2, 0) is 4.79 Å². The second kappa shape index (κ2) is 7.28. The lowest BCUT2D eigenvalue weighted by Gasteiger charge is -2.31. The molecule has 110 valence electrons. The molecule has 3 unspecified atom stereocenters. The quantitative estimate of drug-likeness (QED) is 0.822. The Balaban J connectivity index is 1.68. The van der Waals surface area contributed by atoms with Crippen molar-refractivity contribution < 1.29 is 4.79 Å². The predicted molar refractivity (Wildman–Crippen MR) is 78.7 cm³/mol. The molecule has 0 aromatic heterocycles. The van der Waals surface area contributed by atoms with Crippen LogP contribution in [0.4, 0.5) is 0 Å². The summed E-state index contributed by atoms with van der Waals surface area (Å²) in [6, 6.07) is 0.0749. The summed E-state index contributed by atoms with van der Waals surface area (Å²) in [6.07, 6.45) is 11.2. The molecule has 0 aromatic rings. The smallest absolute Gasteiger partial charge is 0.224 e. The predicted octanol–water partition coefficient (Wildman–Crippen LogP) is 2.84. The minimum atomic E-state index is 0.0510. The van der Waals surface area contributed by atoms with Gasteiger partial charge in [0.2, 0.25) is 5.91 Å². The molecule has 0 aromatic carbocycles. The first-order valence-electron chi connectivity index (χ1n) is 8.20. The van der Waals surface area contributed by atoms with Crippen LogP contribution in [0.5, 0.6) is 0 Å². The van der Waals surface area contributed by atoms with Crippen LogP contribution in [0.3, 0.4) is 0 Å². The van der Waals surface area contributed by atoms with Gasteiger partial charge in [-0.25, -0.2) is 0 Å². The van der Waals surface area contributed by atoms with Crippen LogP contribution in [0.15, 0.2) is 0 Å². The highest BCUT2D eigenvalue weighted by Crippen LogP contribution is 2.28. The maximum absolute atomic E-state index is 12.2. The topological polar surface area (TPSA) is 55.1 Å². The molecule has 0 spiro atoms. The number of rotatable bonds is 4. The van der Waals surface area contributed by atoms with E-state index in [1.165, 1.54) is 38.5 Å². The van der Waals surface area contributed by atoms with Crippen molar-refractivity contribution >= 4 is 5.91 Å². The maximum Gasteiger partial charge on any atom is 0.224 e. The number of nitrogens with one attached hydrogen (secondary N) is 1. The van der Waals surface area contributed by atoms with Gasteiger partial charge in [-0.3, -0.25) is 4.79 Å². The molecule has 2 aliphatic rings. The number of carbonyl (C=O) groups excluding carboxylic acids is 1. The third kappa shape index (κ3) is 4.48. The Hall–Kier alpha value is -0.570. The molecule has 3 nitrogen and oxygen atoms in total. The zero-order chi connectivity index (χ0) is 13.7. The van der Waals surface area contributed by atoms with Gasteiger partial charge in [-0.05, 0) is 37.5 Å². The maximum atomic E-state index is 12.2. The molecule has 3 N–H and O–H groups in total. The number of carbonyl (C=O) groups is 1. The summed E-state index contributed by atoms with van der Waals surface area (Å²) < 4.78 is 0. The average Bonchev–Trinajstić information content (AvgIpc) is 2.42. The van der Waals surface area contributed by atoms with Crippen LogP contribution >= 0.6 is 0 Å². The highest BCUT2D eigenvalue weighted by molar-refractivity contribution is 5.79.